The number of carbonyl (C=O) groups is 1. The summed E-state index contributed by atoms with van der Waals surface area (Å²) in [6, 6.07) is 3.50. The second-order valence-corrected chi connectivity index (χ2v) is 5.07. The number of pyridine rings is 1. The van der Waals surface area contributed by atoms with Gasteiger partial charge in [0, 0.05) is 17.8 Å². The van der Waals surface area contributed by atoms with Crippen molar-refractivity contribution in [1.29, 1.82) is 0 Å². The largest absolute Gasteiger partial charge is 0.352 e. The number of carbonyl (C=O) groups excluding carboxylic acids is 1. The van der Waals surface area contributed by atoms with E-state index < -0.39 is 0 Å². The first-order valence-corrected chi connectivity index (χ1v) is 6.82. The van der Waals surface area contributed by atoms with Gasteiger partial charge in [0.15, 0.2) is 0 Å². The molecule has 0 bridgehead atoms. The van der Waals surface area contributed by atoms with Crippen LogP contribution in [0.1, 0.15) is 49.7 Å². The minimum Gasteiger partial charge on any atom is -0.352 e. The van der Waals surface area contributed by atoms with Crippen LogP contribution >= 0.6 is 0 Å². The zero-order valence-electron chi connectivity index (χ0n) is 12.0. The topological polar surface area (TPSA) is 80.0 Å². The first-order chi connectivity index (χ1) is 9.06. The molecule has 19 heavy (non-hydrogen) atoms. The zero-order valence-corrected chi connectivity index (χ0v) is 12.0. The van der Waals surface area contributed by atoms with Crippen LogP contribution < -0.4 is 16.6 Å². The van der Waals surface area contributed by atoms with Gasteiger partial charge in [-0.25, -0.2) is 10.8 Å². The maximum Gasteiger partial charge on any atom is 0.251 e. The van der Waals surface area contributed by atoms with E-state index in [-0.39, 0.29) is 5.91 Å². The van der Waals surface area contributed by atoms with E-state index in [0.717, 1.165) is 25.0 Å². The zero-order chi connectivity index (χ0) is 14.3. The van der Waals surface area contributed by atoms with Crippen LogP contribution in [0, 0.1) is 5.92 Å². The van der Waals surface area contributed by atoms with Crippen LogP contribution in [0.4, 0.5) is 5.82 Å². The molecule has 4 N–H and O–H groups in total. The monoisotopic (exact) mass is 264 g/mol. The van der Waals surface area contributed by atoms with Gasteiger partial charge in [0.2, 0.25) is 0 Å². The summed E-state index contributed by atoms with van der Waals surface area (Å²) in [5.41, 5.74) is 3.99. The van der Waals surface area contributed by atoms with Crippen molar-refractivity contribution < 1.29 is 4.79 Å². The van der Waals surface area contributed by atoms with Crippen LogP contribution in [-0.2, 0) is 6.42 Å². The molecule has 0 unspecified atom stereocenters. The molecule has 1 amide bonds. The summed E-state index contributed by atoms with van der Waals surface area (Å²) in [4.78, 5) is 16.4. The first kappa shape index (κ1) is 15.4. The lowest BCUT2D eigenvalue weighted by Gasteiger charge is -2.10. The number of nitrogens with two attached hydrogens (primary N) is 1. The quantitative estimate of drug-likeness (QED) is 0.520. The van der Waals surface area contributed by atoms with Gasteiger partial charge in [-0.3, -0.25) is 4.79 Å². The number of nitrogen functional groups attached to an aromatic ring is 1. The van der Waals surface area contributed by atoms with Crippen molar-refractivity contribution in [2.45, 2.75) is 40.0 Å². The normalized spacial score (nSPS) is 10.6. The third-order valence-corrected chi connectivity index (χ3v) is 2.80. The number of nitrogens with one attached hydrogen (secondary N) is 2. The number of aromatic nitrogens is 1. The Bertz CT molecular complexity index is 418. The smallest absolute Gasteiger partial charge is 0.251 e. The molecule has 0 atom stereocenters. The van der Waals surface area contributed by atoms with E-state index in [1.54, 1.807) is 6.07 Å². The van der Waals surface area contributed by atoms with Gasteiger partial charge in [0.25, 0.3) is 5.91 Å². The maximum absolute atomic E-state index is 12.0. The molecule has 5 heteroatoms. The molecule has 0 aliphatic rings. The summed E-state index contributed by atoms with van der Waals surface area (Å²) < 4.78 is 0. The Balaban J connectivity index is 2.74. The number of hydrogen-bond acceptors (Lipinski definition) is 4. The molecule has 0 aliphatic heterocycles. The van der Waals surface area contributed by atoms with E-state index in [2.05, 4.69) is 36.5 Å². The standard InChI is InChI=1S/C14H24N4O/c1-4-5-12-8-11(9-13(17-12)18-15)14(19)16-7-6-10(2)3/h8-10H,4-7,15H2,1-3H3,(H,16,19)(H,17,18). The van der Waals surface area contributed by atoms with E-state index in [0.29, 0.717) is 23.8 Å². The number of amides is 1. The lowest BCUT2D eigenvalue weighted by Crippen LogP contribution is -2.26. The van der Waals surface area contributed by atoms with E-state index in [1.165, 1.54) is 0 Å². The van der Waals surface area contributed by atoms with Crippen LogP contribution in [-0.4, -0.2) is 17.4 Å². The molecule has 5 nitrogen and oxygen atoms in total. The van der Waals surface area contributed by atoms with Gasteiger partial charge >= 0.3 is 0 Å². The average Bonchev–Trinajstić information content (AvgIpc) is 2.38. The molecule has 106 valence electrons. The van der Waals surface area contributed by atoms with E-state index in [4.69, 9.17) is 5.84 Å². The minimum absolute atomic E-state index is 0.0723. The Labute approximate surface area is 115 Å². The number of hydrazine groups is 1. The highest BCUT2D eigenvalue weighted by Crippen LogP contribution is 2.11. The molecule has 1 aromatic heterocycles. The second kappa shape index (κ2) is 7.74. The lowest BCUT2D eigenvalue weighted by atomic mass is 10.1. The summed E-state index contributed by atoms with van der Waals surface area (Å²) in [5.74, 6) is 6.41. The Hall–Kier alpha value is -1.62. The van der Waals surface area contributed by atoms with Gasteiger partial charge in [0.05, 0.1) is 0 Å². The third-order valence-electron chi connectivity index (χ3n) is 2.80. The van der Waals surface area contributed by atoms with Gasteiger partial charge in [-0.1, -0.05) is 27.2 Å². The number of rotatable bonds is 7. The van der Waals surface area contributed by atoms with Crippen molar-refractivity contribution >= 4 is 11.7 Å². The van der Waals surface area contributed by atoms with Gasteiger partial charge in [-0.2, -0.15) is 0 Å². The summed E-state index contributed by atoms with van der Waals surface area (Å²) in [7, 11) is 0. The summed E-state index contributed by atoms with van der Waals surface area (Å²) in [5, 5.41) is 2.92. The fraction of sp³-hybridized carbons (Fsp3) is 0.571. The molecule has 1 aromatic rings. The molecule has 0 fully saturated rings. The fourth-order valence-electron chi connectivity index (χ4n) is 1.75. The van der Waals surface area contributed by atoms with E-state index in [9.17, 15) is 4.79 Å². The van der Waals surface area contributed by atoms with Crippen molar-refractivity contribution in [1.82, 2.24) is 10.3 Å². The predicted octanol–water partition coefficient (Wildman–Crippen LogP) is 2.10. The van der Waals surface area contributed by atoms with Gasteiger partial charge in [0.1, 0.15) is 5.82 Å². The van der Waals surface area contributed by atoms with Crippen molar-refractivity contribution in [3.63, 3.8) is 0 Å². The molecule has 0 aliphatic carbocycles. The third kappa shape index (κ3) is 5.26. The van der Waals surface area contributed by atoms with Crippen LogP contribution in [0.5, 0.6) is 0 Å². The van der Waals surface area contributed by atoms with Crippen LogP contribution in [0.2, 0.25) is 0 Å². The van der Waals surface area contributed by atoms with Crippen LogP contribution in [0.25, 0.3) is 0 Å². The first-order valence-electron chi connectivity index (χ1n) is 6.82. The Morgan fingerprint density at radius 2 is 2.16 bits per heavy atom. The molecule has 0 spiro atoms. The molecule has 1 rings (SSSR count). The van der Waals surface area contributed by atoms with Gasteiger partial charge in [-0.05, 0) is 30.9 Å². The summed E-state index contributed by atoms with van der Waals surface area (Å²) in [6.45, 7) is 7.03. The van der Waals surface area contributed by atoms with Gasteiger partial charge in [-0.15, -0.1) is 0 Å². The molecule has 0 radical (unpaired) electrons. The summed E-state index contributed by atoms with van der Waals surface area (Å²) >= 11 is 0. The molecular formula is C14H24N4O. The number of aryl methyl sites for hydroxylation is 1. The highest BCUT2D eigenvalue weighted by Gasteiger charge is 2.09. The highest BCUT2D eigenvalue weighted by atomic mass is 16.1. The molecular weight excluding hydrogens is 240 g/mol. The second-order valence-electron chi connectivity index (χ2n) is 5.07. The minimum atomic E-state index is -0.0723. The number of anilines is 1. The SMILES string of the molecule is CCCc1cc(C(=O)NCCC(C)C)cc(NN)n1. The van der Waals surface area contributed by atoms with Crippen molar-refractivity contribution in [2.24, 2.45) is 11.8 Å². The average molecular weight is 264 g/mol. The highest BCUT2D eigenvalue weighted by molar-refractivity contribution is 5.94. The molecule has 0 aromatic carbocycles. The number of nitrogens with zero attached hydrogens (tertiary/aromatic N) is 1. The molecule has 1 heterocycles. The predicted molar refractivity (Wildman–Crippen MR) is 77.8 cm³/mol. The fourth-order valence-corrected chi connectivity index (χ4v) is 1.75. The van der Waals surface area contributed by atoms with Crippen LogP contribution in [0.3, 0.4) is 0 Å². The molecule has 0 saturated carbocycles. The number of hydrogen-bond donors (Lipinski definition) is 3. The summed E-state index contributed by atoms with van der Waals surface area (Å²) in [6.07, 6.45) is 2.79. The van der Waals surface area contributed by atoms with Gasteiger partial charge < -0.3 is 10.7 Å². The van der Waals surface area contributed by atoms with Crippen molar-refractivity contribution in [3.8, 4) is 0 Å². The Morgan fingerprint density at radius 1 is 1.42 bits per heavy atom. The van der Waals surface area contributed by atoms with Crippen molar-refractivity contribution in [2.75, 3.05) is 12.0 Å². The Kier molecular flexibility index (Phi) is 6.29. The molecule has 0 saturated heterocycles. The lowest BCUT2D eigenvalue weighted by molar-refractivity contribution is 0.0952. The van der Waals surface area contributed by atoms with Crippen LogP contribution in [0.15, 0.2) is 12.1 Å². The van der Waals surface area contributed by atoms with E-state index >= 15 is 0 Å². The maximum atomic E-state index is 12.0. The van der Waals surface area contributed by atoms with E-state index in [1.807, 2.05) is 6.07 Å². The van der Waals surface area contributed by atoms with Crippen molar-refractivity contribution in [3.05, 3.63) is 23.4 Å². The Morgan fingerprint density at radius 3 is 2.74 bits per heavy atom.